The summed E-state index contributed by atoms with van der Waals surface area (Å²) < 4.78 is 5.63. The van der Waals surface area contributed by atoms with Crippen LogP contribution in [0.5, 0.6) is 5.75 Å². The van der Waals surface area contributed by atoms with Crippen molar-refractivity contribution in [1.82, 2.24) is 10.3 Å². The standard InChI is InChI=1S/C15H20N2OS/c1-3-7-18-14-6-4-5-13(8-14)10-16-11-15-17-9-12(2)19-15/h4-6,8-9,16H,3,7,10-11H2,1-2H3. The van der Waals surface area contributed by atoms with Gasteiger partial charge in [-0.05, 0) is 31.0 Å². The first kappa shape index (κ1) is 14.0. The van der Waals surface area contributed by atoms with Crippen molar-refractivity contribution in [3.63, 3.8) is 0 Å². The molecule has 1 N–H and O–H groups in total. The third-order valence-electron chi connectivity index (χ3n) is 2.65. The van der Waals surface area contributed by atoms with Crippen molar-refractivity contribution >= 4 is 11.3 Å². The highest BCUT2D eigenvalue weighted by atomic mass is 32.1. The third kappa shape index (κ3) is 4.65. The van der Waals surface area contributed by atoms with Crippen molar-refractivity contribution in [3.8, 4) is 5.75 Å². The van der Waals surface area contributed by atoms with E-state index in [2.05, 4.69) is 36.3 Å². The Morgan fingerprint density at radius 2 is 2.21 bits per heavy atom. The minimum absolute atomic E-state index is 0.773. The molecule has 0 spiro atoms. The molecule has 0 aliphatic carbocycles. The van der Waals surface area contributed by atoms with E-state index in [1.807, 2.05) is 18.3 Å². The van der Waals surface area contributed by atoms with Crippen molar-refractivity contribution in [3.05, 3.63) is 45.9 Å². The molecule has 0 aliphatic heterocycles. The number of aryl methyl sites for hydroxylation is 1. The summed E-state index contributed by atoms with van der Waals surface area (Å²) in [5.41, 5.74) is 1.24. The first-order valence-corrected chi connectivity index (χ1v) is 7.43. The van der Waals surface area contributed by atoms with E-state index >= 15 is 0 Å². The smallest absolute Gasteiger partial charge is 0.119 e. The molecule has 2 aromatic rings. The normalized spacial score (nSPS) is 10.6. The zero-order chi connectivity index (χ0) is 13.5. The summed E-state index contributed by atoms with van der Waals surface area (Å²) in [5, 5.41) is 4.54. The minimum atomic E-state index is 0.773. The molecule has 0 fully saturated rings. The number of benzene rings is 1. The number of hydrogen-bond donors (Lipinski definition) is 1. The average Bonchev–Trinajstić information content (AvgIpc) is 2.83. The molecule has 0 saturated carbocycles. The van der Waals surface area contributed by atoms with Crippen LogP contribution in [0.3, 0.4) is 0 Å². The van der Waals surface area contributed by atoms with Gasteiger partial charge in [-0.2, -0.15) is 0 Å². The van der Waals surface area contributed by atoms with Gasteiger partial charge in [-0.15, -0.1) is 11.3 Å². The number of rotatable bonds is 7. The minimum Gasteiger partial charge on any atom is -0.494 e. The molecule has 1 aromatic heterocycles. The summed E-state index contributed by atoms with van der Waals surface area (Å²) >= 11 is 1.74. The summed E-state index contributed by atoms with van der Waals surface area (Å²) in [4.78, 5) is 5.59. The van der Waals surface area contributed by atoms with Gasteiger partial charge in [0.25, 0.3) is 0 Å². The zero-order valence-corrected chi connectivity index (χ0v) is 12.3. The zero-order valence-electron chi connectivity index (χ0n) is 11.5. The summed E-state index contributed by atoms with van der Waals surface area (Å²) in [6.45, 7) is 6.62. The van der Waals surface area contributed by atoms with Crippen LogP contribution in [-0.2, 0) is 13.1 Å². The number of thiazole rings is 1. The van der Waals surface area contributed by atoms with E-state index in [4.69, 9.17) is 4.74 Å². The second-order valence-corrected chi connectivity index (χ2v) is 5.78. The molecule has 1 aromatic carbocycles. The predicted octanol–water partition coefficient (Wildman–Crippen LogP) is 3.53. The fraction of sp³-hybridized carbons (Fsp3) is 0.400. The quantitative estimate of drug-likeness (QED) is 0.840. The van der Waals surface area contributed by atoms with Crippen LogP contribution in [0.1, 0.15) is 28.8 Å². The maximum Gasteiger partial charge on any atom is 0.119 e. The van der Waals surface area contributed by atoms with E-state index in [9.17, 15) is 0 Å². The average molecular weight is 276 g/mol. The van der Waals surface area contributed by atoms with E-state index in [0.717, 1.165) is 36.9 Å². The maximum absolute atomic E-state index is 5.63. The van der Waals surface area contributed by atoms with Crippen molar-refractivity contribution in [2.45, 2.75) is 33.4 Å². The van der Waals surface area contributed by atoms with Gasteiger partial charge in [-0.25, -0.2) is 4.98 Å². The molecule has 0 unspecified atom stereocenters. The Bertz CT molecular complexity index is 510. The highest BCUT2D eigenvalue weighted by Crippen LogP contribution is 2.14. The Morgan fingerprint density at radius 3 is 2.95 bits per heavy atom. The van der Waals surface area contributed by atoms with Gasteiger partial charge in [0.1, 0.15) is 10.8 Å². The highest BCUT2D eigenvalue weighted by molar-refractivity contribution is 7.11. The SMILES string of the molecule is CCCOc1cccc(CNCc2ncc(C)s2)c1. The van der Waals surface area contributed by atoms with Crippen molar-refractivity contribution in [2.75, 3.05) is 6.61 Å². The molecule has 0 saturated heterocycles. The van der Waals surface area contributed by atoms with E-state index in [0.29, 0.717) is 0 Å². The lowest BCUT2D eigenvalue weighted by molar-refractivity contribution is 0.317. The van der Waals surface area contributed by atoms with Gasteiger partial charge in [0, 0.05) is 24.2 Å². The van der Waals surface area contributed by atoms with Crippen LogP contribution in [-0.4, -0.2) is 11.6 Å². The highest BCUT2D eigenvalue weighted by Gasteiger charge is 2.00. The van der Waals surface area contributed by atoms with Gasteiger partial charge in [0.15, 0.2) is 0 Å². The topological polar surface area (TPSA) is 34.1 Å². The number of nitrogens with one attached hydrogen (secondary N) is 1. The number of hydrogen-bond acceptors (Lipinski definition) is 4. The Hall–Kier alpha value is -1.39. The van der Waals surface area contributed by atoms with Crippen LogP contribution in [0.25, 0.3) is 0 Å². The van der Waals surface area contributed by atoms with Crippen LogP contribution in [0.2, 0.25) is 0 Å². The summed E-state index contributed by atoms with van der Waals surface area (Å²) in [5.74, 6) is 0.950. The monoisotopic (exact) mass is 276 g/mol. The molecule has 102 valence electrons. The van der Waals surface area contributed by atoms with Gasteiger partial charge >= 0.3 is 0 Å². The molecule has 0 amide bonds. The van der Waals surface area contributed by atoms with Crippen molar-refractivity contribution in [2.24, 2.45) is 0 Å². The maximum atomic E-state index is 5.63. The first-order valence-electron chi connectivity index (χ1n) is 6.61. The van der Waals surface area contributed by atoms with E-state index in [-0.39, 0.29) is 0 Å². The fourth-order valence-electron chi connectivity index (χ4n) is 1.76. The molecule has 0 aliphatic rings. The third-order valence-corrected chi connectivity index (χ3v) is 3.56. The molecule has 3 nitrogen and oxygen atoms in total. The molecule has 2 rings (SSSR count). The Balaban J connectivity index is 1.82. The molecule has 4 heteroatoms. The number of ether oxygens (including phenoxy) is 1. The predicted molar refractivity (Wildman–Crippen MR) is 79.6 cm³/mol. The molecule has 0 atom stereocenters. The summed E-state index contributed by atoms with van der Waals surface area (Å²) in [7, 11) is 0. The van der Waals surface area contributed by atoms with Gasteiger partial charge in [0.05, 0.1) is 6.61 Å². The van der Waals surface area contributed by atoms with E-state index in [1.165, 1.54) is 10.4 Å². The first-order chi connectivity index (χ1) is 9.28. The lowest BCUT2D eigenvalue weighted by Crippen LogP contribution is -2.12. The van der Waals surface area contributed by atoms with Crippen LogP contribution in [0.15, 0.2) is 30.5 Å². The Morgan fingerprint density at radius 1 is 1.32 bits per heavy atom. The van der Waals surface area contributed by atoms with E-state index < -0.39 is 0 Å². The van der Waals surface area contributed by atoms with Crippen LogP contribution >= 0.6 is 11.3 Å². The van der Waals surface area contributed by atoms with Crippen LogP contribution in [0, 0.1) is 6.92 Å². The van der Waals surface area contributed by atoms with Crippen LogP contribution in [0.4, 0.5) is 0 Å². The van der Waals surface area contributed by atoms with Crippen molar-refractivity contribution < 1.29 is 4.74 Å². The second kappa shape index (κ2) is 7.26. The van der Waals surface area contributed by atoms with Crippen LogP contribution < -0.4 is 10.1 Å². The van der Waals surface area contributed by atoms with Gasteiger partial charge < -0.3 is 10.1 Å². The van der Waals surface area contributed by atoms with Crippen molar-refractivity contribution in [1.29, 1.82) is 0 Å². The number of aromatic nitrogens is 1. The number of nitrogens with zero attached hydrogens (tertiary/aromatic N) is 1. The molecule has 19 heavy (non-hydrogen) atoms. The fourth-order valence-corrected chi connectivity index (χ4v) is 2.52. The molecule has 0 bridgehead atoms. The lowest BCUT2D eigenvalue weighted by Gasteiger charge is -2.07. The Labute approximate surface area is 118 Å². The second-order valence-electron chi connectivity index (χ2n) is 4.46. The lowest BCUT2D eigenvalue weighted by atomic mass is 10.2. The van der Waals surface area contributed by atoms with E-state index in [1.54, 1.807) is 11.3 Å². The van der Waals surface area contributed by atoms with Gasteiger partial charge in [0.2, 0.25) is 0 Å². The Kier molecular flexibility index (Phi) is 5.36. The summed E-state index contributed by atoms with van der Waals surface area (Å²) in [6, 6.07) is 8.24. The molecule has 1 heterocycles. The molecular formula is C15H20N2OS. The summed E-state index contributed by atoms with van der Waals surface area (Å²) in [6.07, 6.45) is 2.95. The molecular weight excluding hydrogens is 256 g/mol. The van der Waals surface area contributed by atoms with Gasteiger partial charge in [-0.1, -0.05) is 19.1 Å². The van der Waals surface area contributed by atoms with Gasteiger partial charge in [-0.3, -0.25) is 0 Å². The largest absolute Gasteiger partial charge is 0.494 e. The molecule has 0 radical (unpaired) electrons.